The van der Waals surface area contributed by atoms with Crippen LogP contribution in [0.15, 0.2) is 4.99 Å². The molecule has 0 spiro atoms. The number of piperazine rings is 1. The molecule has 0 bridgehead atoms. The van der Waals surface area contributed by atoms with Crippen LogP contribution in [0.4, 0.5) is 4.79 Å². The molecule has 2 aliphatic heterocycles. The summed E-state index contributed by atoms with van der Waals surface area (Å²) in [5.74, 6) is 0.902. The zero-order chi connectivity index (χ0) is 22.5. The maximum absolute atomic E-state index is 12.2. The third-order valence-corrected chi connectivity index (χ3v) is 5.32. The molecule has 0 aromatic heterocycles. The normalized spacial score (nSPS) is 19.4. The standard InChI is InChI=1S/C22H44N6O3/c1-5-23-20(25-9-7-11-27-16-18-30-19-17-27)24-8-6-10-26-12-14-28(15-13-26)21(29)31-22(2,3)4/h5-19H2,1-4H3,(H2,23,24,25). The SMILES string of the molecule is CCNC(=NCCCN1CCOCC1)NCCCN1CCN(C(=O)OC(C)(C)C)CC1. The highest BCUT2D eigenvalue weighted by atomic mass is 16.6. The fraction of sp³-hybridized carbons (Fsp3) is 0.909. The van der Waals surface area contributed by atoms with E-state index < -0.39 is 5.60 Å². The van der Waals surface area contributed by atoms with Crippen molar-refractivity contribution in [2.45, 2.75) is 46.1 Å². The first kappa shape index (κ1) is 25.7. The fourth-order valence-electron chi connectivity index (χ4n) is 3.64. The third-order valence-electron chi connectivity index (χ3n) is 5.32. The summed E-state index contributed by atoms with van der Waals surface area (Å²) in [4.78, 5) is 23.5. The number of nitrogens with zero attached hydrogens (tertiary/aromatic N) is 4. The van der Waals surface area contributed by atoms with Gasteiger partial charge in [-0.15, -0.1) is 0 Å². The smallest absolute Gasteiger partial charge is 0.410 e. The van der Waals surface area contributed by atoms with Crippen LogP contribution in [-0.4, -0.2) is 118 Å². The minimum atomic E-state index is -0.436. The predicted molar refractivity (Wildman–Crippen MR) is 125 cm³/mol. The van der Waals surface area contributed by atoms with Crippen molar-refractivity contribution in [3.8, 4) is 0 Å². The van der Waals surface area contributed by atoms with Gasteiger partial charge < -0.3 is 25.0 Å². The number of carbonyl (C=O) groups excluding carboxylic acids is 1. The summed E-state index contributed by atoms with van der Waals surface area (Å²) >= 11 is 0. The van der Waals surface area contributed by atoms with Crippen LogP contribution >= 0.6 is 0 Å². The van der Waals surface area contributed by atoms with Crippen LogP contribution in [0.25, 0.3) is 0 Å². The molecule has 2 heterocycles. The molecular weight excluding hydrogens is 396 g/mol. The molecular formula is C22H44N6O3. The van der Waals surface area contributed by atoms with Crippen LogP contribution in [0.1, 0.15) is 40.5 Å². The van der Waals surface area contributed by atoms with Gasteiger partial charge in [0.15, 0.2) is 5.96 Å². The number of ether oxygens (including phenoxy) is 2. The van der Waals surface area contributed by atoms with E-state index in [1.165, 1.54) is 0 Å². The van der Waals surface area contributed by atoms with Crippen LogP contribution in [0.2, 0.25) is 0 Å². The number of carbonyl (C=O) groups is 1. The Hall–Kier alpha value is -1.58. The zero-order valence-corrected chi connectivity index (χ0v) is 20.1. The minimum absolute atomic E-state index is 0.200. The Morgan fingerprint density at radius 1 is 0.968 bits per heavy atom. The van der Waals surface area contributed by atoms with Gasteiger partial charge >= 0.3 is 6.09 Å². The molecule has 0 unspecified atom stereocenters. The topological polar surface area (TPSA) is 81.7 Å². The number of guanidine groups is 1. The van der Waals surface area contributed by atoms with Crippen LogP contribution < -0.4 is 10.6 Å². The molecule has 2 aliphatic rings. The molecule has 0 aliphatic carbocycles. The second-order valence-electron chi connectivity index (χ2n) is 9.16. The molecule has 0 saturated carbocycles. The first-order valence-electron chi connectivity index (χ1n) is 11.9. The predicted octanol–water partition coefficient (Wildman–Crippen LogP) is 1.21. The third kappa shape index (κ3) is 11.0. The number of aliphatic imine (C=N–C) groups is 1. The molecule has 31 heavy (non-hydrogen) atoms. The molecule has 0 aromatic carbocycles. The Labute approximate surface area is 188 Å². The van der Waals surface area contributed by atoms with Crippen molar-refractivity contribution in [2.24, 2.45) is 4.99 Å². The second kappa shape index (κ2) is 13.8. The van der Waals surface area contributed by atoms with E-state index in [1.807, 2.05) is 25.7 Å². The number of morpholine rings is 1. The van der Waals surface area contributed by atoms with E-state index in [0.717, 1.165) is 104 Å². The maximum atomic E-state index is 12.2. The first-order valence-corrected chi connectivity index (χ1v) is 11.9. The van der Waals surface area contributed by atoms with Crippen molar-refractivity contribution >= 4 is 12.1 Å². The van der Waals surface area contributed by atoms with Crippen LogP contribution in [0.5, 0.6) is 0 Å². The number of hydrogen-bond donors (Lipinski definition) is 2. The van der Waals surface area contributed by atoms with Gasteiger partial charge in [-0.2, -0.15) is 0 Å². The molecule has 0 atom stereocenters. The lowest BCUT2D eigenvalue weighted by Gasteiger charge is -2.35. The fourth-order valence-corrected chi connectivity index (χ4v) is 3.64. The largest absolute Gasteiger partial charge is 0.444 e. The van der Waals surface area contributed by atoms with Gasteiger partial charge in [0, 0.05) is 65.4 Å². The highest BCUT2D eigenvalue weighted by molar-refractivity contribution is 5.79. The molecule has 9 heteroatoms. The van der Waals surface area contributed by atoms with Gasteiger partial charge in [-0.05, 0) is 47.1 Å². The van der Waals surface area contributed by atoms with Gasteiger partial charge in [-0.3, -0.25) is 14.8 Å². The van der Waals surface area contributed by atoms with E-state index in [2.05, 4.69) is 27.4 Å². The summed E-state index contributed by atoms with van der Waals surface area (Å²) in [6.45, 7) is 19.5. The molecule has 0 aromatic rings. The van der Waals surface area contributed by atoms with Crippen molar-refractivity contribution in [3.05, 3.63) is 0 Å². The molecule has 2 saturated heterocycles. The number of rotatable bonds is 9. The van der Waals surface area contributed by atoms with E-state index in [-0.39, 0.29) is 6.09 Å². The van der Waals surface area contributed by atoms with Crippen molar-refractivity contribution in [1.82, 2.24) is 25.3 Å². The first-order chi connectivity index (χ1) is 14.9. The quantitative estimate of drug-likeness (QED) is 0.317. The monoisotopic (exact) mass is 440 g/mol. The van der Waals surface area contributed by atoms with Crippen molar-refractivity contribution in [1.29, 1.82) is 0 Å². The lowest BCUT2D eigenvalue weighted by atomic mass is 10.2. The van der Waals surface area contributed by atoms with Gasteiger partial charge in [0.1, 0.15) is 5.60 Å². The van der Waals surface area contributed by atoms with E-state index in [9.17, 15) is 4.79 Å². The minimum Gasteiger partial charge on any atom is -0.444 e. The summed E-state index contributed by atoms with van der Waals surface area (Å²) in [6, 6.07) is 0. The number of nitrogens with one attached hydrogen (secondary N) is 2. The second-order valence-corrected chi connectivity index (χ2v) is 9.16. The Morgan fingerprint density at radius 2 is 1.61 bits per heavy atom. The molecule has 180 valence electrons. The molecule has 0 radical (unpaired) electrons. The van der Waals surface area contributed by atoms with Crippen molar-refractivity contribution < 1.29 is 14.3 Å². The number of hydrogen-bond acceptors (Lipinski definition) is 6. The lowest BCUT2D eigenvalue weighted by molar-refractivity contribution is 0.0145. The number of amides is 1. The highest BCUT2D eigenvalue weighted by Crippen LogP contribution is 2.11. The van der Waals surface area contributed by atoms with E-state index >= 15 is 0 Å². The molecule has 2 N–H and O–H groups in total. The summed E-state index contributed by atoms with van der Waals surface area (Å²) in [7, 11) is 0. The van der Waals surface area contributed by atoms with E-state index in [4.69, 9.17) is 14.5 Å². The lowest BCUT2D eigenvalue weighted by Crippen LogP contribution is -2.50. The van der Waals surface area contributed by atoms with Gasteiger partial charge in [-0.25, -0.2) is 4.79 Å². The Morgan fingerprint density at radius 3 is 2.26 bits per heavy atom. The molecule has 2 rings (SSSR count). The average molecular weight is 441 g/mol. The van der Waals surface area contributed by atoms with Crippen molar-refractivity contribution in [2.75, 3.05) is 85.2 Å². The van der Waals surface area contributed by atoms with E-state index in [0.29, 0.717) is 0 Å². The summed E-state index contributed by atoms with van der Waals surface area (Å²) in [6.07, 6.45) is 1.91. The summed E-state index contributed by atoms with van der Waals surface area (Å²) < 4.78 is 10.9. The molecule has 2 fully saturated rings. The highest BCUT2D eigenvalue weighted by Gasteiger charge is 2.25. The Balaban J connectivity index is 1.57. The van der Waals surface area contributed by atoms with Gasteiger partial charge in [0.25, 0.3) is 0 Å². The summed E-state index contributed by atoms with van der Waals surface area (Å²) in [5.41, 5.74) is -0.436. The van der Waals surface area contributed by atoms with Crippen LogP contribution in [0, 0.1) is 0 Å². The molecule has 1 amide bonds. The van der Waals surface area contributed by atoms with E-state index in [1.54, 1.807) is 0 Å². The molecule has 9 nitrogen and oxygen atoms in total. The Bertz CT molecular complexity index is 538. The van der Waals surface area contributed by atoms with Crippen LogP contribution in [-0.2, 0) is 9.47 Å². The average Bonchev–Trinajstić information content (AvgIpc) is 2.74. The maximum Gasteiger partial charge on any atom is 0.410 e. The van der Waals surface area contributed by atoms with Crippen LogP contribution in [0.3, 0.4) is 0 Å². The summed E-state index contributed by atoms with van der Waals surface area (Å²) in [5, 5.41) is 6.78. The van der Waals surface area contributed by atoms with Gasteiger partial charge in [0.2, 0.25) is 0 Å². The van der Waals surface area contributed by atoms with Gasteiger partial charge in [-0.1, -0.05) is 0 Å². The van der Waals surface area contributed by atoms with Gasteiger partial charge in [0.05, 0.1) is 13.2 Å². The zero-order valence-electron chi connectivity index (χ0n) is 20.1. The van der Waals surface area contributed by atoms with Crippen molar-refractivity contribution in [3.63, 3.8) is 0 Å². The Kier molecular flexibility index (Phi) is 11.4.